The van der Waals surface area contributed by atoms with Gasteiger partial charge in [0.25, 0.3) is 0 Å². The van der Waals surface area contributed by atoms with Gasteiger partial charge in [0.2, 0.25) is 0 Å². The first-order chi connectivity index (χ1) is 4.63. The van der Waals surface area contributed by atoms with Gasteiger partial charge in [-0.1, -0.05) is 17.7 Å². The van der Waals surface area contributed by atoms with E-state index in [1.165, 1.54) is 0 Å². The maximum atomic E-state index is 13.0. The number of rotatable bonds is 0. The zero-order chi connectivity index (χ0) is 7.72. The van der Waals surface area contributed by atoms with Gasteiger partial charge in [-0.2, -0.15) is 0 Å². The Morgan fingerprint density at radius 3 is 2.30 bits per heavy atom. The van der Waals surface area contributed by atoms with Gasteiger partial charge in [0.1, 0.15) is 6.17 Å². The van der Waals surface area contributed by atoms with Gasteiger partial charge in [0.15, 0.2) is 0 Å². The number of allylic oxidation sites excluding steroid dienone is 4. The first-order valence-electron chi connectivity index (χ1n) is 3.26. The fourth-order valence-corrected chi connectivity index (χ4v) is 1.18. The summed E-state index contributed by atoms with van der Waals surface area (Å²) in [4.78, 5) is 0. The van der Waals surface area contributed by atoms with Crippen LogP contribution in [0.5, 0.6) is 0 Å². The third-order valence-corrected chi connectivity index (χ3v) is 2.30. The van der Waals surface area contributed by atoms with E-state index in [0.717, 1.165) is 5.57 Å². The van der Waals surface area contributed by atoms with E-state index in [9.17, 15) is 4.39 Å². The fourth-order valence-electron chi connectivity index (χ4n) is 0.908. The summed E-state index contributed by atoms with van der Waals surface area (Å²) in [6, 6.07) is 0. The van der Waals surface area contributed by atoms with Crippen molar-refractivity contribution in [2.45, 2.75) is 25.4 Å². The van der Waals surface area contributed by atoms with Crippen LogP contribution in [-0.4, -0.2) is 11.5 Å². The summed E-state index contributed by atoms with van der Waals surface area (Å²) in [7, 11) is 0. The average molecular weight is 161 g/mol. The molecule has 10 heavy (non-hydrogen) atoms. The van der Waals surface area contributed by atoms with Crippen LogP contribution in [-0.2, 0) is 0 Å². The highest BCUT2D eigenvalue weighted by Gasteiger charge is 2.23. The minimum Gasteiger partial charge on any atom is -0.241 e. The van der Waals surface area contributed by atoms with E-state index in [-0.39, 0.29) is 0 Å². The van der Waals surface area contributed by atoms with Crippen LogP contribution in [0.2, 0.25) is 0 Å². The highest BCUT2D eigenvalue weighted by molar-refractivity contribution is 6.23. The molecule has 2 unspecified atom stereocenters. The Balaban J connectivity index is 2.86. The minimum absolute atomic E-state index is 0.454. The Bertz CT molecular complexity index is 171. The topological polar surface area (TPSA) is 0 Å². The summed E-state index contributed by atoms with van der Waals surface area (Å²) in [5.74, 6) is 0. The first-order valence-corrected chi connectivity index (χ1v) is 3.69. The molecule has 1 aliphatic carbocycles. The fraction of sp³-hybridized carbons (Fsp3) is 0.500. The first kappa shape index (κ1) is 7.80. The van der Waals surface area contributed by atoms with Crippen LogP contribution in [0.25, 0.3) is 0 Å². The zero-order valence-corrected chi connectivity index (χ0v) is 6.82. The molecular formula is C8H10ClF. The summed E-state index contributed by atoms with van der Waals surface area (Å²) < 4.78 is 13.0. The van der Waals surface area contributed by atoms with Gasteiger partial charge >= 0.3 is 0 Å². The molecule has 0 N–H and O–H groups in total. The summed E-state index contributed by atoms with van der Waals surface area (Å²) in [5, 5.41) is -0.454. The van der Waals surface area contributed by atoms with Crippen LogP contribution in [0.1, 0.15) is 13.8 Å². The highest BCUT2D eigenvalue weighted by atomic mass is 35.5. The van der Waals surface area contributed by atoms with Crippen LogP contribution in [0.3, 0.4) is 0 Å². The van der Waals surface area contributed by atoms with Gasteiger partial charge in [-0.05, 0) is 19.4 Å². The molecule has 2 atom stereocenters. The van der Waals surface area contributed by atoms with Crippen molar-refractivity contribution in [3.8, 4) is 0 Å². The van der Waals surface area contributed by atoms with Crippen molar-refractivity contribution < 1.29 is 4.39 Å². The Labute approximate surface area is 65.4 Å². The number of halogens is 2. The Kier molecular flexibility index (Phi) is 2.14. The lowest BCUT2D eigenvalue weighted by Gasteiger charge is -2.19. The van der Waals surface area contributed by atoms with Gasteiger partial charge in [-0.3, -0.25) is 0 Å². The molecule has 1 aliphatic rings. The van der Waals surface area contributed by atoms with Crippen molar-refractivity contribution in [1.29, 1.82) is 0 Å². The quantitative estimate of drug-likeness (QED) is 0.478. The molecule has 56 valence electrons. The number of hydrogen-bond acceptors (Lipinski definition) is 0. The predicted octanol–water partition coefficient (Wildman–Crippen LogP) is 2.84. The van der Waals surface area contributed by atoms with Gasteiger partial charge in [-0.25, -0.2) is 4.39 Å². The van der Waals surface area contributed by atoms with Crippen molar-refractivity contribution >= 4 is 11.6 Å². The molecule has 0 heterocycles. The third kappa shape index (κ3) is 1.24. The predicted molar refractivity (Wildman–Crippen MR) is 42.1 cm³/mol. The molecule has 0 spiro atoms. The number of alkyl halides is 2. The second-order valence-electron chi connectivity index (χ2n) is 2.62. The molecule has 2 heteroatoms. The lowest BCUT2D eigenvalue weighted by atomic mass is 9.98. The molecule has 0 aromatic heterocycles. The molecule has 0 aliphatic heterocycles. The van der Waals surface area contributed by atoms with Crippen LogP contribution in [0.15, 0.2) is 23.3 Å². The van der Waals surface area contributed by atoms with Gasteiger partial charge in [0, 0.05) is 0 Å². The molecule has 0 nitrogen and oxygen atoms in total. The largest absolute Gasteiger partial charge is 0.241 e. The van der Waals surface area contributed by atoms with Crippen molar-refractivity contribution in [1.82, 2.24) is 0 Å². The van der Waals surface area contributed by atoms with E-state index in [1.807, 2.05) is 13.0 Å². The summed E-state index contributed by atoms with van der Waals surface area (Å²) in [6.45, 7) is 3.59. The smallest absolute Gasteiger partial charge is 0.141 e. The molecular weight excluding hydrogens is 151 g/mol. The summed E-state index contributed by atoms with van der Waals surface area (Å²) >= 11 is 5.73. The van der Waals surface area contributed by atoms with E-state index in [1.54, 1.807) is 13.0 Å². The monoisotopic (exact) mass is 160 g/mol. The lowest BCUT2D eigenvalue weighted by Crippen LogP contribution is -2.20. The van der Waals surface area contributed by atoms with E-state index in [2.05, 4.69) is 0 Å². The normalized spacial score (nSPS) is 33.2. The molecule has 0 fully saturated rings. The van der Waals surface area contributed by atoms with E-state index in [0.29, 0.717) is 5.57 Å². The van der Waals surface area contributed by atoms with Crippen LogP contribution >= 0.6 is 11.6 Å². The van der Waals surface area contributed by atoms with Gasteiger partial charge in [0.05, 0.1) is 5.38 Å². The van der Waals surface area contributed by atoms with E-state index in [4.69, 9.17) is 11.6 Å². The van der Waals surface area contributed by atoms with Gasteiger partial charge in [-0.15, -0.1) is 11.6 Å². The highest BCUT2D eigenvalue weighted by Crippen LogP contribution is 2.26. The SMILES string of the molecule is CC1=CC=C(C)C(Cl)C1F. The third-order valence-electron chi connectivity index (χ3n) is 1.74. The second-order valence-corrected chi connectivity index (χ2v) is 3.10. The molecule has 0 aromatic carbocycles. The zero-order valence-electron chi connectivity index (χ0n) is 6.07. The Hall–Kier alpha value is -0.300. The minimum atomic E-state index is -0.994. The molecule has 0 saturated carbocycles. The van der Waals surface area contributed by atoms with Crippen molar-refractivity contribution in [3.63, 3.8) is 0 Å². The molecule has 0 saturated heterocycles. The second kappa shape index (κ2) is 2.75. The maximum Gasteiger partial charge on any atom is 0.141 e. The lowest BCUT2D eigenvalue weighted by molar-refractivity contribution is 0.380. The number of hydrogen-bond donors (Lipinski definition) is 0. The van der Waals surface area contributed by atoms with Crippen LogP contribution < -0.4 is 0 Å². The summed E-state index contributed by atoms with van der Waals surface area (Å²) in [6.07, 6.45) is 2.65. The molecule has 1 rings (SSSR count). The Morgan fingerprint density at radius 1 is 1.30 bits per heavy atom. The maximum absolute atomic E-state index is 13.0. The molecule has 0 amide bonds. The van der Waals surface area contributed by atoms with Crippen molar-refractivity contribution in [2.24, 2.45) is 0 Å². The molecule has 0 bridgehead atoms. The molecule has 0 radical (unpaired) electrons. The molecule has 0 aromatic rings. The van der Waals surface area contributed by atoms with Crippen molar-refractivity contribution in [2.75, 3.05) is 0 Å². The summed E-state index contributed by atoms with van der Waals surface area (Å²) in [5.41, 5.74) is 1.62. The standard InChI is InChI=1S/C8H10ClF/c1-5-3-4-6(2)8(10)7(5)9/h3-4,7-8H,1-2H3. The van der Waals surface area contributed by atoms with E-state index < -0.39 is 11.5 Å². The van der Waals surface area contributed by atoms with Crippen molar-refractivity contribution in [3.05, 3.63) is 23.3 Å². The average Bonchev–Trinajstić information content (AvgIpc) is 1.93. The van der Waals surface area contributed by atoms with Gasteiger partial charge < -0.3 is 0 Å². The van der Waals surface area contributed by atoms with E-state index >= 15 is 0 Å². The van der Waals surface area contributed by atoms with Crippen LogP contribution in [0.4, 0.5) is 4.39 Å². The van der Waals surface area contributed by atoms with Crippen LogP contribution in [0, 0.1) is 0 Å². The Morgan fingerprint density at radius 2 is 1.80 bits per heavy atom.